The molecule has 0 radical (unpaired) electrons. The maximum Gasteiger partial charge on any atom is 0.255 e. The van der Waals surface area contributed by atoms with E-state index in [2.05, 4.69) is 15.2 Å². The summed E-state index contributed by atoms with van der Waals surface area (Å²) in [5.41, 5.74) is 1.18. The number of carbonyl (C=O) groups is 2. The quantitative estimate of drug-likeness (QED) is 0.871. The average molecular weight is 368 g/mol. The Bertz CT molecular complexity index is 816. The maximum absolute atomic E-state index is 12.7. The number of nitrogens with one attached hydrogen (secondary N) is 1. The summed E-state index contributed by atoms with van der Waals surface area (Å²) in [4.78, 5) is 33.3. The van der Waals surface area contributed by atoms with Gasteiger partial charge in [-0.1, -0.05) is 6.07 Å². The maximum atomic E-state index is 12.7. The smallest absolute Gasteiger partial charge is 0.255 e. The van der Waals surface area contributed by atoms with E-state index in [9.17, 15) is 9.59 Å². The molecule has 0 bridgehead atoms. The van der Waals surface area contributed by atoms with Crippen molar-refractivity contribution in [3.05, 3.63) is 53.7 Å². The van der Waals surface area contributed by atoms with E-state index >= 15 is 0 Å². The van der Waals surface area contributed by atoms with Gasteiger partial charge in [-0.15, -0.1) is 0 Å². The number of pyridine rings is 1. The molecule has 1 aliphatic rings. The molecule has 3 rings (SSSR count). The molecule has 7 nitrogen and oxygen atoms in total. The molecule has 1 saturated heterocycles. The standard InChI is InChI=1S/C20H24N4O3/c1-3-21-19(25)17-8-5-9-22-18(17)23-10-12-24(13-11-23)20(26)15-6-4-7-16(14-15)27-2/h4-9,14H,3,10-13H2,1-2H3,(H,21,25). The van der Waals surface area contributed by atoms with Crippen molar-refractivity contribution in [2.24, 2.45) is 0 Å². The van der Waals surface area contributed by atoms with Gasteiger partial charge in [0.15, 0.2) is 0 Å². The SMILES string of the molecule is CCNC(=O)c1cccnc1N1CCN(C(=O)c2cccc(OC)c2)CC1. The lowest BCUT2D eigenvalue weighted by molar-refractivity contribution is 0.0745. The van der Waals surface area contributed by atoms with Crippen molar-refractivity contribution in [3.8, 4) is 5.75 Å². The number of carbonyl (C=O) groups excluding carboxylic acids is 2. The number of hydrogen-bond donors (Lipinski definition) is 1. The molecule has 2 aromatic rings. The van der Waals surface area contributed by atoms with Crippen LogP contribution >= 0.6 is 0 Å². The Balaban J connectivity index is 1.69. The van der Waals surface area contributed by atoms with Crippen molar-refractivity contribution in [2.45, 2.75) is 6.92 Å². The van der Waals surface area contributed by atoms with E-state index in [1.807, 2.05) is 24.0 Å². The lowest BCUT2D eigenvalue weighted by Gasteiger charge is -2.36. The molecule has 1 aliphatic heterocycles. The number of piperazine rings is 1. The molecule has 0 saturated carbocycles. The van der Waals surface area contributed by atoms with Gasteiger partial charge in [-0.3, -0.25) is 9.59 Å². The van der Waals surface area contributed by atoms with Gasteiger partial charge in [0.2, 0.25) is 0 Å². The largest absolute Gasteiger partial charge is 0.497 e. The fourth-order valence-electron chi connectivity index (χ4n) is 3.14. The molecule has 2 amide bonds. The third kappa shape index (κ3) is 4.19. The van der Waals surface area contributed by atoms with Crippen LogP contribution in [0.3, 0.4) is 0 Å². The van der Waals surface area contributed by atoms with E-state index < -0.39 is 0 Å². The molecule has 1 fully saturated rings. The molecule has 2 heterocycles. The number of hydrogen-bond acceptors (Lipinski definition) is 5. The number of ether oxygens (including phenoxy) is 1. The highest BCUT2D eigenvalue weighted by molar-refractivity contribution is 5.99. The second-order valence-corrected chi connectivity index (χ2v) is 6.25. The van der Waals surface area contributed by atoms with Gasteiger partial charge in [0.25, 0.3) is 11.8 Å². The first-order chi connectivity index (χ1) is 13.1. The number of amides is 2. The molecular weight excluding hydrogens is 344 g/mol. The van der Waals surface area contributed by atoms with Crippen molar-refractivity contribution in [1.29, 1.82) is 0 Å². The molecule has 1 aromatic carbocycles. The molecule has 0 atom stereocenters. The van der Waals surface area contributed by atoms with Gasteiger partial charge in [0.1, 0.15) is 11.6 Å². The monoisotopic (exact) mass is 368 g/mol. The van der Waals surface area contributed by atoms with Crippen LogP contribution in [0.15, 0.2) is 42.6 Å². The summed E-state index contributed by atoms with van der Waals surface area (Å²) in [6, 6.07) is 10.7. The van der Waals surface area contributed by atoms with Crippen molar-refractivity contribution in [1.82, 2.24) is 15.2 Å². The fourth-order valence-corrected chi connectivity index (χ4v) is 3.14. The molecule has 7 heteroatoms. The van der Waals surface area contributed by atoms with Gasteiger partial charge in [-0.05, 0) is 37.3 Å². The zero-order valence-electron chi connectivity index (χ0n) is 15.6. The van der Waals surface area contributed by atoms with Crippen LogP contribution in [0.25, 0.3) is 0 Å². The number of anilines is 1. The van der Waals surface area contributed by atoms with E-state index in [0.717, 1.165) is 0 Å². The molecule has 27 heavy (non-hydrogen) atoms. The van der Waals surface area contributed by atoms with E-state index in [1.54, 1.807) is 37.6 Å². The molecule has 1 N–H and O–H groups in total. The van der Waals surface area contributed by atoms with E-state index in [4.69, 9.17) is 4.74 Å². The Morgan fingerprint density at radius 3 is 2.63 bits per heavy atom. The summed E-state index contributed by atoms with van der Waals surface area (Å²) < 4.78 is 5.20. The summed E-state index contributed by atoms with van der Waals surface area (Å²) in [6.45, 7) is 4.84. The van der Waals surface area contributed by atoms with Gasteiger partial charge in [-0.2, -0.15) is 0 Å². The third-order valence-corrected chi connectivity index (χ3v) is 4.55. The minimum Gasteiger partial charge on any atom is -0.497 e. The number of rotatable bonds is 5. The van der Waals surface area contributed by atoms with Gasteiger partial charge < -0.3 is 19.9 Å². The fraction of sp³-hybridized carbons (Fsp3) is 0.350. The van der Waals surface area contributed by atoms with E-state index in [-0.39, 0.29) is 11.8 Å². The second-order valence-electron chi connectivity index (χ2n) is 6.25. The van der Waals surface area contributed by atoms with Gasteiger partial charge in [-0.25, -0.2) is 4.98 Å². The lowest BCUT2D eigenvalue weighted by Crippen LogP contribution is -2.49. The highest BCUT2D eigenvalue weighted by Crippen LogP contribution is 2.20. The van der Waals surface area contributed by atoms with Crippen molar-refractivity contribution in [3.63, 3.8) is 0 Å². The van der Waals surface area contributed by atoms with Crippen LogP contribution in [0.5, 0.6) is 5.75 Å². The zero-order valence-corrected chi connectivity index (χ0v) is 15.6. The minimum absolute atomic E-state index is 0.0153. The van der Waals surface area contributed by atoms with Gasteiger partial charge in [0, 0.05) is 44.5 Å². The summed E-state index contributed by atoms with van der Waals surface area (Å²) in [5, 5.41) is 2.82. The first kappa shape index (κ1) is 18.7. The average Bonchev–Trinajstić information content (AvgIpc) is 2.73. The number of benzene rings is 1. The van der Waals surface area contributed by atoms with Crippen LogP contribution in [0.1, 0.15) is 27.6 Å². The zero-order chi connectivity index (χ0) is 19.2. The van der Waals surface area contributed by atoms with Crippen molar-refractivity contribution < 1.29 is 14.3 Å². The van der Waals surface area contributed by atoms with E-state index in [1.165, 1.54) is 0 Å². The van der Waals surface area contributed by atoms with Crippen LogP contribution < -0.4 is 15.0 Å². The minimum atomic E-state index is -0.129. The second kappa shape index (κ2) is 8.53. The molecule has 1 aromatic heterocycles. The van der Waals surface area contributed by atoms with Crippen molar-refractivity contribution >= 4 is 17.6 Å². The molecule has 142 valence electrons. The van der Waals surface area contributed by atoms with Crippen LogP contribution in [0, 0.1) is 0 Å². The predicted octanol–water partition coefficient (Wildman–Crippen LogP) is 1.80. The first-order valence-electron chi connectivity index (χ1n) is 9.05. The number of methoxy groups -OCH3 is 1. The van der Waals surface area contributed by atoms with Crippen molar-refractivity contribution in [2.75, 3.05) is 44.7 Å². The predicted molar refractivity (Wildman–Crippen MR) is 103 cm³/mol. The van der Waals surface area contributed by atoms with Gasteiger partial charge >= 0.3 is 0 Å². The third-order valence-electron chi connectivity index (χ3n) is 4.55. The van der Waals surface area contributed by atoms with Crippen LogP contribution in [0.2, 0.25) is 0 Å². The first-order valence-corrected chi connectivity index (χ1v) is 9.05. The van der Waals surface area contributed by atoms with Crippen LogP contribution in [-0.2, 0) is 0 Å². The molecule has 0 aliphatic carbocycles. The lowest BCUT2D eigenvalue weighted by atomic mass is 10.1. The van der Waals surface area contributed by atoms with Crippen LogP contribution in [-0.4, -0.2) is 61.5 Å². The normalized spacial score (nSPS) is 14.0. The topological polar surface area (TPSA) is 74.8 Å². The van der Waals surface area contributed by atoms with E-state index in [0.29, 0.717) is 55.4 Å². The summed E-state index contributed by atoms with van der Waals surface area (Å²) >= 11 is 0. The Kier molecular flexibility index (Phi) is 5.90. The van der Waals surface area contributed by atoms with Crippen LogP contribution in [0.4, 0.5) is 5.82 Å². The summed E-state index contributed by atoms with van der Waals surface area (Å²) in [6.07, 6.45) is 1.69. The molecule has 0 unspecified atom stereocenters. The Hall–Kier alpha value is -3.09. The number of aromatic nitrogens is 1. The number of nitrogens with zero attached hydrogens (tertiary/aromatic N) is 3. The summed E-state index contributed by atoms with van der Waals surface area (Å²) in [7, 11) is 1.58. The molecular formula is C20H24N4O3. The summed E-state index contributed by atoms with van der Waals surface area (Å²) in [5.74, 6) is 1.19. The highest BCUT2D eigenvalue weighted by Gasteiger charge is 2.25. The Labute approximate surface area is 158 Å². The van der Waals surface area contributed by atoms with Gasteiger partial charge in [0.05, 0.1) is 12.7 Å². The Morgan fingerprint density at radius 2 is 1.93 bits per heavy atom. The highest BCUT2D eigenvalue weighted by atomic mass is 16.5. The molecule has 0 spiro atoms. The Morgan fingerprint density at radius 1 is 1.15 bits per heavy atom.